The molecule has 31 heavy (non-hydrogen) atoms. The molecule has 0 unspecified atom stereocenters. The zero-order valence-electron chi connectivity index (χ0n) is 17.4. The van der Waals surface area contributed by atoms with E-state index < -0.39 is 15.8 Å². The molecule has 1 saturated heterocycles. The van der Waals surface area contributed by atoms with Crippen LogP contribution in [0.5, 0.6) is 0 Å². The van der Waals surface area contributed by atoms with Crippen molar-refractivity contribution in [3.05, 3.63) is 65.5 Å². The van der Waals surface area contributed by atoms with Gasteiger partial charge in [-0.1, -0.05) is 17.7 Å². The van der Waals surface area contributed by atoms with Crippen molar-refractivity contribution in [2.45, 2.75) is 24.7 Å². The van der Waals surface area contributed by atoms with Gasteiger partial charge in [-0.2, -0.15) is 4.31 Å². The van der Waals surface area contributed by atoms with Crippen LogP contribution in [0.2, 0.25) is 0 Å². The van der Waals surface area contributed by atoms with Crippen molar-refractivity contribution in [1.29, 1.82) is 0 Å². The molecule has 166 valence electrons. The largest absolute Gasteiger partial charge is 0.352 e. The summed E-state index contributed by atoms with van der Waals surface area (Å²) in [7, 11) is -3.74. The van der Waals surface area contributed by atoms with Gasteiger partial charge >= 0.3 is 0 Å². The Kier molecular flexibility index (Phi) is 7.40. The molecule has 2 aromatic rings. The summed E-state index contributed by atoms with van der Waals surface area (Å²) in [5, 5.41) is 2.75. The second-order valence-electron chi connectivity index (χ2n) is 7.47. The lowest BCUT2D eigenvalue weighted by Crippen LogP contribution is -2.38. The van der Waals surface area contributed by atoms with Crippen LogP contribution in [0.3, 0.4) is 0 Å². The predicted octanol–water partition coefficient (Wildman–Crippen LogP) is 2.18. The third-order valence-electron chi connectivity index (χ3n) is 5.16. The molecule has 2 amide bonds. The topological polar surface area (TPSA) is 86.8 Å². The van der Waals surface area contributed by atoms with E-state index in [9.17, 15) is 22.4 Å². The highest BCUT2D eigenvalue weighted by molar-refractivity contribution is 7.89. The number of benzene rings is 2. The summed E-state index contributed by atoms with van der Waals surface area (Å²) in [6.45, 7) is 3.28. The fourth-order valence-electron chi connectivity index (χ4n) is 3.47. The minimum Gasteiger partial charge on any atom is -0.352 e. The predicted molar refractivity (Wildman–Crippen MR) is 114 cm³/mol. The van der Waals surface area contributed by atoms with Crippen molar-refractivity contribution >= 4 is 21.8 Å². The number of nitrogens with one attached hydrogen (secondary N) is 1. The Morgan fingerprint density at radius 2 is 1.77 bits per heavy atom. The molecule has 1 heterocycles. The summed E-state index contributed by atoms with van der Waals surface area (Å²) < 4.78 is 40.0. The first-order valence-electron chi connectivity index (χ1n) is 10.2. The van der Waals surface area contributed by atoms with E-state index in [1.807, 2.05) is 13.0 Å². The smallest absolute Gasteiger partial charge is 0.251 e. The first-order chi connectivity index (χ1) is 14.8. The highest BCUT2D eigenvalue weighted by Gasteiger charge is 2.28. The second kappa shape index (κ2) is 10.0. The molecule has 0 aromatic heterocycles. The molecule has 3 rings (SSSR count). The summed E-state index contributed by atoms with van der Waals surface area (Å²) in [5.74, 6) is -0.865. The van der Waals surface area contributed by atoms with Crippen LogP contribution in [0.25, 0.3) is 0 Å². The van der Waals surface area contributed by atoms with Crippen LogP contribution < -0.4 is 5.32 Å². The van der Waals surface area contributed by atoms with E-state index in [0.717, 1.165) is 17.7 Å². The van der Waals surface area contributed by atoms with E-state index in [1.165, 1.54) is 16.4 Å². The molecule has 2 aromatic carbocycles. The summed E-state index contributed by atoms with van der Waals surface area (Å²) in [5.41, 5.74) is 1.53. The number of hydrogen-bond acceptors (Lipinski definition) is 4. The van der Waals surface area contributed by atoms with Crippen LogP contribution in [0.15, 0.2) is 53.4 Å². The van der Waals surface area contributed by atoms with Gasteiger partial charge in [-0.05, 0) is 49.7 Å². The Bertz CT molecular complexity index is 1040. The minimum atomic E-state index is -3.74. The Morgan fingerprint density at radius 3 is 2.48 bits per heavy atom. The molecule has 1 N–H and O–H groups in total. The molecule has 9 heteroatoms. The number of rotatable bonds is 6. The third kappa shape index (κ3) is 5.89. The normalized spacial score (nSPS) is 15.4. The van der Waals surface area contributed by atoms with Crippen molar-refractivity contribution in [1.82, 2.24) is 14.5 Å². The molecule has 0 aliphatic carbocycles. The van der Waals surface area contributed by atoms with Gasteiger partial charge < -0.3 is 10.2 Å². The summed E-state index contributed by atoms with van der Waals surface area (Å²) in [6.07, 6.45) is 0.643. The van der Waals surface area contributed by atoms with Crippen LogP contribution in [0.4, 0.5) is 4.39 Å². The Labute approximate surface area is 181 Å². The Hall–Kier alpha value is -2.78. The molecule has 0 bridgehead atoms. The van der Waals surface area contributed by atoms with Crippen molar-refractivity contribution in [2.75, 3.05) is 32.7 Å². The lowest BCUT2D eigenvalue weighted by Gasteiger charge is -2.22. The lowest BCUT2D eigenvalue weighted by molar-refractivity contribution is -0.130. The standard InChI is InChI=1S/C22H26FN3O4S/c1-17-4-2-5-18(16-17)22(28)24-11-10-21(27)25-12-3-13-26(15-14-25)31(29,30)20-8-6-19(23)7-9-20/h2,4-9,16H,3,10-15H2,1H3,(H,24,28). The number of hydrogen-bond donors (Lipinski definition) is 1. The van der Waals surface area contributed by atoms with E-state index in [-0.39, 0.29) is 49.3 Å². The van der Waals surface area contributed by atoms with E-state index in [4.69, 9.17) is 0 Å². The summed E-state index contributed by atoms with van der Waals surface area (Å²) in [4.78, 5) is 26.4. The molecular formula is C22H26FN3O4S. The van der Waals surface area contributed by atoms with Gasteiger partial charge in [0.15, 0.2) is 0 Å². The number of carbonyl (C=O) groups is 2. The first kappa shape index (κ1) is 22.9. The second-order valence-corrected chi connectivity index (χ2v) is 9.41. The molecule has 1 aliphatic rings. The van der Waals surface area contributed by atoms with Crippen LogP contribution in [0.1, 0.15) is 28.8 Å². The van der Waals surface area contributed by atoms with E-state index in [2.05, 4.69) is 5.32 Å². The quantitative estimate of drug-likeness (QED) is 0.735. The van der Waals surface area contributed by atoms with Gasteiger partial charge in [0.25, 0.3) is 5.91 Å². The highest BCUT2D eigenvalue weighted by Crippen LogP contribution is 2.18. The summed E-state index contributed by atoms with van der Waals surface area (Å²) >= 11 is 0. The van der Waals surface area contributed by atoms with Crippen molar-refractivity contribution in [3.63, 3.8) is 0 Å². The van der Waals surface area contributed by atoms with Gasteiger partial charge in [-0.3, -0.25) is 9.59 Å². The summed E-state index contributed by atoms with van der Waals surface area (Å²) in [6, 6.07) is 11.9. The molecule has 0 spiro atoms. The number of carbonyl (C=O) groups excluding carboxylic acids is 2. The molecular weight excluding hydrogens is 421 g/mol. The average molecular weight is 448 g/mol. The van der Waals surface area contributed by atoms with Gasteiger partial charge in [0, 0.05) is 44.7 Å². The van der Waals surface area contributed by atoms with Crippen LogP contribution in [-0.4, -0.2) is 62.2 Å². The van der Waals surface area contributed by atoms with Crippen LogP contribution in [0, 0.1) is 12.7 Å². The number of nitrogens with zero attached hydrogens (tertiary/aromatic N) is 2. The maximum atomic E-state index is 13.1. The van der Waals surface area contributed by atoms with Crippen LogP contribution in [-0.2, 0) is 14.8 Å². The molecule has 7 nitrogen and oxygen atoms in total. The van der Waals surface area contributed by atoms with Gasteiger partial charge in [-0.15, -0.1) is 0 Å². The van der Waals surface area contributed by atoms with Gasteiger partial charge in [-0.25, -0.2) is 12.8 Å². The minimum absolute atomic E-state index is 0.0348. The van der Waals surface area contributed by atoms with E-state index in [1.54, 1.807) is 23.1 Å². The fraction of sp³-hybridized carbons (Fsp3) is 0.364. The zero-order valence-corrected chi connectivity index (χ0v) is 18.2. The maximum Gasteiger partial charge on any atom is 0.251 e. The fourth-order valence-corrected chi connectivity index (χ4v) is 4.94. The molecule has 1 fully saturated rings. The Balaban J connectivity index is 1.51. The molecule has 0 atom stereocenters. The van der Waals surface area contributed by atoms with E-state index in [0.29, 0.717) is 18.5 Å². The SMILES string of the molecule is Cc1cccc(C(=O)NCCC(=O)N2CCCN(S(=O)(=O)c3ccc(F)cc3)CC2)c1. The molecule has 0 saturated carbocycles. The highest BCUT2D eigenvalue weighted by atomic mass is 32.2. The molecule has 0 radical (unpaired) electrons. The van der Waals surface area contributed by atoms with Gasteiger partial charge in [0.05, 0.1) is 4.90 Å². The van der Waals surface area contributed by atoms with E-state index >= 15 is 0 Å². The third-order valence-corrected chi connectivity index (χ3v) is 7.08. The van der Waals surface area contributed by atoms with Crippen molar-refractivity contribution < 1.29 is 22.4 Å². The number of sulfonamides is 1. The first-order valence-corrected chi connectivity index (χ1v) is 11.6. The van der Waals surface area contributed by atoms with Crippen molar-refractivity contribution in [3.8, 4) is 0 Å². The van der Waals surface area contributed by atoms with Crippen molar-refractivity contribution in [2.24, 2.45) is 0 Å². The Morgan fingerprint density at radius 1 is 1.03 bits per heavy atom. The monoisotopic (exact) mass is 447 g/mol. The number of aryl methyl sites for hydroxylation is 1. The van der Waals surface area contributed by atoms with Crippen LogP contribution >= 0.6 is 0 Å². The molecule has 1 aliphatic heterocycles. The van der Waals surface area contributed by atoms with Gasteiger partial charge in [0.1, 0.15) is 5.82 Å². The maximum absolute atomic E-state index is 13.1. The van der Waals surface area contributed by atoms with Gasteiger partial charge in [0.2, 0.25) is 15.9 Å². The number of amides is 2. The number of halogens is 1. The lowest BCUT2D eigenvalue weighted by atomic mass is 10.1. The zero-order chi connectivity index (χ0) is 22.4. The average Bonchev–Trinajstić information content (AvgIpc) is 3.01.